The molecule has 1 unspecified atom stereocenters. The zero-order chi connectivity index (χ0) is 19.6. The minimum atomic E-state index is -0.456. The standard InChI is InChI=1S/C23H25NO4/c1-4-6-7-8-18(26)27-17-10-9-13-11-14-20-15(24(14)3)12-16(25)22-23(20,5-2)19(13)21(17)28-22/h4,6-10,14-15,20,22H,5,11-12H2,1-3H3/b6-4+,8-7+/t14-,15?,20-,22+,23-/m1/s1. The van der Waals surface area contributed by atoms with E-state index in [1.54, 1.807) is 12.2 Å². The molecule has 1 saturated carbocycles. The number of hydrogen-bond acceptors (Lipinski definition) is 5. The van der Waals surface area contributed by atoms with E-state index in [9.17, 15) is 9.59 Å². The Kier molecular flexibility index (Phi) is 3.82. The van der Waals surface area contributed by atoms with Crippen molar-refractivity contribution in [3.63, 3.8) is 0 Å². The zero-order valence-corrected chi connectivity index (χ0v) is 16.5. The minimum absolute atomic E-state index is 0.169. The Morgan fingerprint density at radius 3 is 2.86 bits per heavy atom. The number of allylic oxidation sites excluding steroid dienone is 3. The van der Waals surface area contributed by atoms with Crippen molar-refractivity contribution >= 4 is 11.8 Å². The number of likely N-dealkylation sites (N-methyl/N-ethyl adjacent to an activating group) is 1. The zero-order valence-electron chi connectivity index (χ0n) is 16.5. The molecule has 5 rings (SSSR count). The molecule has 2 aliphatic carbocycles. The molecule has 0 amide bonds. The van der Waals surface area contributed by atoms with E-state index in [0.717, 1.165) is 18.4 Å². The normalized spacial score (nSPS) is 35.0. The van der Waals surface area contributed by atoms with Crippen LogP contribution in [0.1, 0.15) is 37.8 Å². The molecule has 0 spiro atoms. The van der Waals surface area contributed by atoms with Crippen LogP contribution >= 0.6 is 0 Å². The number of ether oxygens (including phenoxy) is 2. The number of rotatable bonds is 4. The summed E-state index contributed by atoms with van der Waals surface area (Å²) in [7, 11) is 2.14. The molecule has 2 fully saturated rings. The van der Waals surface area contributed by atoms with E-state index in [1.165, 1.54) is 11.6 Å². The van der Waals surface area contributed by atoms with Crippen LogP contribution in [0.2, 0.25) is 0 Å². The van der Waals surface area contributed by atoms with Gasteiger partial charge in [-0.25, -0.2) is 4.79 Å². The fraction of sp³-hybridized carbons (Fsp3) is 0.478. The molecule has 0 radical (unpaired) electrons. The van der Waals surface area contributed by atoms with Gasteiger partial charge in [-0.3, -0.25) is 9.69 Å². The molecule has 28 heavy (non-hydrogen) atoms. The van der Waals surface area contributed by atoms with Gasteiger partial charge in [0.15, 0.2) is 23.4 Å². The third-order valence-corrected chi connectivity index (χ3v) is 7.31. The van der Waals surface area contributed by atoms with E-state index in [2.05, 4.69) is 24.9 Å². The summed E-state index contributed by atoms with van der Waals surface area (Å²) in [6.07, 6.45) is 8.57. The summed E-state index contributed by atoms with van der Waals surface area (Å²) in [5.41, 5.74) is 2.06. The van der Waals surface area contributed by atoms with E-state index < -0.39 is 12.1 Å². The van der Waals surface area contributed by atoms with Crippen LogP contribution in [0.4, 0.5) is 0 Å². The third-order valence-electron chi connectivity index (χ3n) is 7.31. The number of hydrogen-bond donors (Lipinski definition) is 0. The Morgan fingerprint density at radius 1 is 1.32 bits per heavy atom. The highest BCUT2D eigenvalue weighted by Crippen LogP contribution is 2.65. The number of Topliss-reactive ketones (excluding diaryl/α,β-unsaturated/α-hetero) is 1. The van der Waals surface area contributed by atoms with Gasteiger partial charge in [-0.2, -0.15) is 0 Å². The van der Waals surface area contributed by atoms with Crippen LogP contribution < -0.4 is 9.47 Å². The lowest BCUT2D eigenvalue weighted by Gasteiger charge is -2.65. The molecule has 1 aromatic carbocycles. The molecule has 5 atom stereocenters. The number of carbonyl (C=O) groups excluding carboxylic acids is 2. The molecular weight excluding hydrogens is 354 g/mol. The Balaban J connectivity index is 1.60. The molecule has 2 aliphatic heterocycles. The van der Waals surface area contributed by atoms with Gasteiger partial charge in [0.1, 0.15) is 0 Å². The van der Waals surface area contributed by atoms with Crippen molar-refractivity contribution in [2.45, 2.75) is 56.7 Å². The predicted molar refractivity (Wildman–Crippen MR) is 105 cm³/mol. The number of nitrogens with zero attached hydrogens (tertiary/aromatic N) is 1. The largest absolute Gasteiger partial charge is 0.477 e. The first-order valence-electron chi connectivity index (χ1n) is 10.1. The molecular formula is C23H25NO4. The highest BCUT2D eigenvalue weighted by molar-refractivity contribution is 5.91. The number of benzene rings is 1. The first-order valence-corrected chi connectivity index (χ1v) is 10.1. The van der Waals surface area contributed by atoms with Crippen LogP contribution in [0, 0.1) is 5.92 Å². The first-order chi connectivity index (χ1) is 13.5. The van der Waals surface area contributed by atoms with Gasteiger partial charge in [0.2, 0.25) is 0 Å². The van der Waals surface area contributed by atoms with E-state index in [1.807, 2.05) is 19.1 Å². The average Bonchev–Trinajstić information content (AvgIpc) is 3.05. The van der Waals surface area contributed by atoms with E-state index in [0.29, 0.717) is 35.9 Å². The van der Waals surface area contributed by atoms with Crippen LogP contribution in [0.25, 0.3) is 0 Å². The molecule has 2 heterocycles. The smallest absolute Gasteiger partial charge is 0.336 e. The van der Waals surface area contributed by atoms with Gasteiger partial charge in [0, 0.05) is 41.5 Å². The number of ketones is 1. The molecule has 4 aliphatic rings. The molecule has 1 saturated heterocycles. The van der Waals surface area contributed by atoms with Crippen molar-refractivity contribution in [1.82, 2.24) is 4.90 Å². The highest BCUT2D eigenvalue weighted by Gasteiger charge is 2.70. The molecule has 146 valence electrons. The van der Waals surface area contributed by atoms with Gasteiger partial charge >= 0.3 is 5.97 Å². The molecule has 0 N–H and O–H groups in total. The summed E-state index contributed by atoms with van der Waals surface area (Å²) >= 11 is 0. The second-order valence-electron chi connectivity index (χ2n) is 8.33. The van der Waals surface area contributed by atoms with Gasteiger partial charge in [-0.05, 0) is 38.4 Å². The first kappa shape index (κ1) is 17.7. The molecule has 5 heteroatoms. The topological polar surface area (TPSA) is 55.8 Å². The maximum atomic E-state index is 13.0. The Bertz CT molecular complexity index is 933. The van der Waals surface area contributed by atoms with Crippen LogP contribution in [0.3, 0.4) is 0 Å². The molecule has 5 nitrogen and oxygen atoms in total. The average molecular weight is 379 g/mol. The van der Waals surface area contributed by atoms with Crippen molar-refractivity contribution in [3.8, 4) is 11.5 Å². The lowest BCUT2D eigenvalue weighted by Crippen LogP contribution is -2.76. The van der Waals surface area contributed by atoms with Crippen LogP contribution in [-0.2, 0) is 21.4 Å². The van der Waals surface area contributed by atoms with Crippen LogP contribution in [0.15, 0.2) is 36.4 Å². The van der Waals surface area contributed by atoms with Crippen molar-refractivity contribution < 1.29 is 19.1 Å². The fourth-order valence-electron chi connectivity index (χ4n) is 6.19. The van der Waals surface area contributed by atoms with Crippen LogP contribution in [-0.4, -0.2) is 41.9 Å². The van der Waals surface area contributed by atoms with Crippen molar-refractivity contribution in [1.29, 1.82) is 0 Å². The van der Waals surface area contributed by atoms with Gasteiger partial charge in [-0.15, -0.1) is 0 Å². The number of carbonyl (C=O) groups is 2. The Labute approximate surface area is 165 Å². The lowest BCUT2D eigenvalue weighted by atomic mass is 9.48. The summed E-state index contributed by atoms with van der Waals surface area (Å²) in [6, 6.07) is 4.62. The summed E-state index contributed by atoms with van der Waals surface area (Å²) in [5, 5.41) is 0. The second-order valence-corrected chi connectivity index (χ2v) is 8.33. The SMILES string of the molecule is C/C=C/C=C/C(=O)Oc1ccc2c3c1O[C@H]1C(=O)CC4[C@@H]([C@@H](C2)N4C)[C@@]31CC. The summed E-state index contributed by atoms with van der Waals surface area (Å²) in [6.45, 7) is 4.04. The molecule has 0 bridgehead atoms. The van der Waals surface area contributed by atoms with E-state index in [-0.39, 0.29) is 11.2 Å². The predicted octanol–water partition coefficient (Wildman–Crippen LogP) is 2.96. The minimum Gasteiger partial charge on any atom is -0.477 e. The second kappa shape index (κ2) is 6.05. The van der Waals surface area contributed by atoms with Gasteiger partial charge in [0.05, 0.1) is 0 Å². The van der Waals surface area contributed by atoms with Gasteiger partial charge < -0.3 is 9.47 Å². The Hall–Kier alpha value is -2.40. The summed E-state index contributed by atoms with van der Waals surface area (Å²) < 4.78 is 11.9. The van der Waals surface area contributed by atoms with Crippen molar-refractivity contribution in [2.24, 2.45) is 5.92 Å². The molecule has 1 aromatic rings. The van der Waals surface area contributed by atoms with E-state index >= 15 is 0 Å². The fourth-order valence-corrected chi connectivity index (χ4v) is 6.19. The van der Waals surface area contributed by atoms with Crippen molar-refractivity contribution in [2.75, 3.05) is 7.05 Å². The Morgan fingerprint density at radius 2 is 2.11 bits per heavy atom. The van der Waals surface area contributed by atoms with E-state index in [4.69, 9.17) is 9.47 Å². The summed E-state index contributed by atoms with van der Waals surface area (Å²) in [4.78, 5) is 27.6. The third kappa shape index (κ3) is 2.05. The molecule has 0 aromatic heterocycles. The number of likely N-dealkylation sites (tertiary alicyclic amines) is 1. The van der Waals surface area contributed by atoms with Gasteiger partial charge in [0.25, 0.3) is 0 Å². The maximum absolute atomic E-state index is 13.0. The summed E-state index contributed by atoms with van der Waals surface area (Å²) in [5.74, 6) is 1.19. The maximum Gasteiger partial charge on any atom is 0.336 e. The lowest BCUT2D eigenvalue weighted by molar-refractivity contribution is -0.162. The van der Waals surface area contributed by atoms with Crippen molar-refractivity contribution in [3.05, 3.63) is 47.6 Å². The highest BCUT2D eigenvalue weighted by atomic mass is 16.6. The quantitative estimate of drug-likeness (QED) is 0.348. The van der Waals surface area contributed by atoms with Gasteiger partial charge in [-0.1, -0.05) is 31.2 Å². The van der Waals surface area contributed by atoms with Crippen LogP contribution in [0.5, 0.6) is 11.5 Å². The number of esters is 1. The monoisotopic (exact) mass is 379 g/mol.